The van der Waals surface area contributed by atoms with Gasteiger partial charge in [0.15, 0.2) is 5.78 Å². The maximum Gasteiger partial charge on any atom is 0.329 e. The van der Waals surface area contributed by atoms with Crippen LogP contribution >= 0.6 is 0 Å². The molecule has 15 atom stereocenters. The van der Waals surface area contributed by atoms with E-state index in [1.807, 2.05) is 44.2 Å². The van der Waals surface area contributed by atoms with Gasteiger partial charge < -0.3 is 49.0 Å². The summed E-state index contributed by atoms with van der Waals surface area (Å²) in [6, 6.07) is -1.23. The summed E-state index contributed by atoms with van der Waals surface area (Å²) in [7, 11) is 2.90. The highest BCUT2D eigenvalue weighted by molar-refractivity contribution is 6.39. The fourth-order valence-corrected chi connectivity index (χ4v) is 10.4. The lowest BCUT2D eigenvalue weighted by atomic mass is 9.78. The van der Waals surface area contributed by atoms with Gasteiger partial charge in [-0.25, -0.2) is 4.79 Å². The minimum absolute atomic E-state index is 0.0149. The quantitative estimate of drug-likeness (QED) is 0.118. The van der Waals surface area contributed by atoms with Gasteiger partial charge in [0.25, 0.3) is 11.7 Å². The first-order valence-electron chi connectivity index (χ1n) is 25.6. The van der Waals surface area contributed by atoms with Crippen molar-refractivity contribution in [3.8, 4) is 0 Å². The van der Waals surface area contributed by atoms with Crippen LogP contribution in [-0.2, 0) is 57.2 Å². The molecule has 1 saturated carbocycles. The van der Waals surface area contributed by atoms with Gasteiger partial charge in [-0.1, -0.05) is 71.1 Å². The summed E-state index contributed by atoms with van der Waals surface area (Å²) in [6.45, 7) is 12.4. The van der Waals surface area contributed by atoms with Crippen molar-refractivity contribution < 1.29 is 77.7 Å². The summed E-state index contributed by atoms with van der Waals surface area (Å²) in [4.78, 5) is 95.6. The van der Waals surface area contributed by atoms with Crippen LogP contribution in [0.25, 0.3) is 0 Å². The third-order valence-corrected chi connectivity index (χ3v) is 15.0. The molecule has 3 fully saturated rings. The lowest BCUT2D eigenvalue weighted by Crippen LogP contribution is -2.61. The topological polar surface area (TPSA) is 250 Å². The molecule has 0 unspecified atom stereocenters. The Morgan fingerprint density at radius 3 is 2.27 bits per heavy atom. The molecule has 1 aliphatic carbocycles. The summed E-state index contributed by atoms with van der Waals surface area (Å²) in [5.74, 6) is -10.9. The highest BCUT2D eigenvalue weighted by atomic mass is 16.6. The fourth-order valence-electron chi connectivity index (χ4n) is 10.4. The van der Waals surface area contributed by atoms with Crippen molar-refractivity contribution in [2.24, 2.45) is 35.5 Å². The SMILES string of the molecule is CO[C@H]1C[C@@H]2CC[C@@H](C)[C@@](O)(O2)C(=O)C(=O)N2CCCC[C@H]2C(=O)O[C@H]([C@H](C)C[C@H]2CC[C@@H](O)[C@H](OC(=O)CCC(=O)O)C2)CC(=O)[C@H](C)/C=C(\C)[C@@H](O)[C@@H](OC)C(=O)[C@H](C)C[C@H](C)\C=C/C=C/C=C/1C. The van der Waals surface area contributed by atoms with Crippen molar-refractivity contribution in [3.63, 3.8) is 0 Å². The number of aliphatic carboxylic acids is 1. The summed E-state index contributed by atoms with van der Waals surface area (Å²) >= 11 is 0. The number of esters is 2. The van der Waals surface area contributed by atoms with E-state index in [2.05, 4.69) is 0 Å². The van der Waals surface area contributed by atoms with Gasteiger partial charge >= 0.3 is 17.9 Å². The highest BCUT2D eigenvalue weighted by Crippen LogP contribution is 2.38. The number of Topliss-reactive ketones (excluding diaryl/α,β-unsaturated/α-hetero) is 3. The second kappa shape index (κ2) is 27.6. The van der Waals surface area contributed by atoms with E-state index in [-0.39, 0.29) is 68.5 Å². The number of rotatable bonds is 9. The average Bonchev–Trinajstić information content (AvgIpc) is 3.33. The van der Waals surface area contributed by atoms with Crippen LogP contribution in [0.5, 0.6) is 0 Å². The van der Waals surface area contributed by atoms with Crippen molar-refractivity contribution in [1.82, 2.24) is 4.90 Å². The number of methoxy groups -OCH3 is 2. The van der Waals surface area contributed by atoms with E-state index >= 15 is 0 Å². The number of hydrogen-bond acceptors (Lipinski definition) is 15. The molecule has 0 spiro atoms. The van der Waals surface area contributed by atoms with Crippen LogP contribution in [-0.4, -0.2) is 142 Å². The monoisotopic (exact) mass is 1000 g/mol. The first-order valence-corrected chi connectivity index (χ1v) is 25.6. The highest BCUT2D eigenvalue weighted by Gasteiger charge is 2.53. The van der Waals surface area contributed by atoms with Gasteiger partial charge in [0.1, 0.15) is 36.2 Å². The summed E-state index contributed by atoms with van der Waals surface area (Å²) in [5, 5.41) is 43.2. The summed E-state index contributed by atoms with van der Waals surface area (Å²) in [5.41, 5.74) is 1.18. The normalized spacial score (nSPS) is 37.8. The third kappa shape index (κ3) is 16.6. The molecular weight excluding hydrogens is 919 g/mol. The van der Waals surface area contributed by atoms with E-state index in [1.54, 1.807) is 47.8 Å². The van der Waals surface area contributed by atoms with E-state index in [0.717, 1.165) is 10.5 Å². The number of aliphatic hydroxyl groups is 3. The largest absolute Gasteiger partial charge is 0.481 e. The number of allylic oxidation sites excluding steroid dienone is 6. The lowest BCUT2D eigenvalue weighted by molar-refractivity contribution is -0.265. The van der Waals surface area contributed by atoms with Gasteiger partial charge in [0.05, 0.1) is 31.2 Å². The molecule has 2 saturated heterocycles. The summed E-state index contributed by atoms with van der Waals surface area (Å²) in [6.07, 6.45) is 7.50. The molecule has 3 aliphatic heterocycles. The number of carboxylic acids is 1. The molecule has 4 N–H and O–H groups in total. The maximum absolute atomic E-state index is 14.5. The van der Waals surface area contributed by atoms with Crippen molar-refractivity contribution in [1.29, 1.82) is 0 Å². The molecule has 0 aromatic heterocycles. The minimum atomic E-state index is -2.48. The van der Waals surface area contributed by atoms with E-state index in [1.165, 1.54) is 7.11 Å². The zero-order chi connectivity index (χ0) is 52.7. The molecule has 3 heterocycles. The standard InChI is InChI=1S/C54H81NO16/c1-31-15-11-10-12-16-32(2)43(67-8)29-39-20-18-37(7)54(66,71-39)51(63)52(64)55-24-14-13-17-40(55)53(65)70-44(30-42(57)33(3)26-36(6)49(62)50(68-9)48(61)35(5)25-31)34(4)27-38-19-21-41(56)45(28-38)69-47(60)23-22-46(58)59/h10-12,15-16,26,31,33-35,37-41,43-45,49-50,56,62,66H,13-14,17-25,27-30H2,1-9H3,(H,58,59)/b12-10+,15-11-,32-16+,36-26+/t31-,33-,34-,35-,37-,38-,39+,40+,41-,43+,44+,45-,49-,50+,54-/m1/s1. The molecule has 17 heteroatoms. The number of fused-ring (bicyclic) bond motifs is 3. The third-order valence-electron chi connectivity index (χ3n) is 15.0. The molecule has 398 valence electrons. The van der Waals surface area contributed by atoms with Crippen LogP contribution in [0.15, 0.2) is 47.6 Å². The molecule has 4 aliphatic rings. The Labute approximate surface area is 419 Å². The number of carboxylic acid groups (broad SMARTS) is 1. The molecule has 0 radical (unpaired) electrons. The van der Waals surface area contributed by atoms with E-state index in [0.29, 0.717) is 50.5 Å². The van der Waals surface area contributed by atoms with Gasteiger partial charge in [-0.15, -0.1) is 0 Å². The molecule has 1 amide bonds. The van der Waals surface area contributed by atoms with Crippen LogP contribution < -0.4 is 0 Å². The number of aliphatic hydroxyl groups excluding tert-OH is 2. The Morgan fingerprint density at radius 1 is 0.873 bits per heavy atom. The van der Waals surface area contributed by atoms with Crippen LogP contribution in [0.3, 0.4) is 0 Å². The summed E-state index contributed by atoms with van der Waals surface area (Å²) < 4.78 is 29.3. The van der Waals surface area contributed by atoms with Gasteiger partial charge in [-0.2, -0.15) is 0 Å². The first-order chi connectivity index (χ1) is 33.5. The minimum Gasteiger partial charge on any atom is -0.481 e. The van der Waals surface area contributed by atoms with Gasteiger partial charge in [0.2, 0.25) is 5.79 Å². The van der Waals surface area contributed by atoms with Crippen LogP contribution in [0.2, 0.25) is 0 Å². The Morgan fingerprint density at radius 2 is 1.59 bits per heavy atom. The average molecular weight is 1000 g/mol. The second-order valence-corrected chi connectivity index (χ2v) is 20.7. The number of cyclic esters (lactones) is 1. The van der Waals surface area contributed by atoms with Crippen LogP contribution in [0, 0.1) is 35.5 Å². The van der Waals surface area contributed by atoms with Crippen molar-refractivity contribution >= 4 is 41.2 Å². The molecule has 17 nitrogen and oxygen atoms in total. The zero-order valence-electron chi connectivity index (χ0n) is 43.3. The Bertz CT molecular complexity index is 1990. The van der Waals surface area contributed by atoms with E-state index in [9.17, 15) is 48.9 Å². The molecule has 0 aromatic rings. The van der Waals surface area contributed by atoms with Crippen molar-refractivity contribution in [2.45, 2.75) is 193 Å². The Hall–Kier alpha value is -4.39. The number of amides is 1. The van der Waals surface area contributed by atoms with Crippen LogP contribution in [0.4, 0.5) is 0 Å². The first kappa shape index (κ1) is 59.2. The van der Waals surface area contributed by atoms with Gasteiger partial charge in [-0.05, 0) is 107 Å². The molecule has 71 heavy (non-hydrogen) atoms. The van der Waals surface area contributed by atoms with Crippen molar-refractivity contribution in [3.05, 3.63) is 47.6 Å². The Kier molecular flexibility index (Phi) is 23.0. The molecular formula is C54H81NO16. The molecule has 2 bridgehead atoms. The smallest absolute Gasteiger partial charge is 0.329 e. The lowest BCUT2D eigenvalue weighted by Gasteiger charge is -2.42. The van der Waals surface area contributed by atoms with E-state index < -0.39 is 114 Å². The number of carbonyl (C=O) groups excluding carboxylic acids is 6. The Balaban J connectivity index is 1.69. The number of carbonyl (C=O) groups is 7. The second-order valence-electron chi connectivity index (χ2n) is 20.7. The van der Waals surface area contributed by atoms with Crippen molar-refractivity contribution in [2.75, 3.05) is 20.8 Å². The molecule has 4 rings (SSSR count). The maximum atomic E-state index is 14.5. The molecule has 0 aromatic carbocycles. The predicted molar refractivity (Wildman–Crippen MR) is 261 cm³/mol. The fraction of sp³-hybridized carbons (Fsp3) is 0.722. The van der Waals surface area contributed by atoms with Gasteiger partial charge in [0, 0.05) is 51.4 Å². The predicted octanol–water partition coefficient (Wildman–Crippen LogP) is 5.94. The number of ketones is 3. The number of hydrogen-bond donors (Lipinski definition) is 4. The number of ether oxygens (including phenoxy) is 5. The number of nitrogens with zero attached hydrogens (tertiary/aromatic N) is 1. The van der Waals surface area contributed by atoms with E-state index in [4.69, 9.17) is 28.8 Å². The van der Waals surface area contributed by atoms with Crippen LogP contribution in [0.1, 0.15) is 138 Å². The number of piperidine rings is 1. The van der Waals surface area contributed by atoms with Gasteiger partial charge in [-0.3, -0.25) is 28.8 Å². The zero-order valence-corrected chi connectivity index (χ0v) is 43.3.